The highest BCUT2D eigenvalue weighted by molar-refractivity contribution is 9.09. The summed E-state index contributed by atoms with van der Waals surface area (Å²) in [6, 6.07) is 6.36. The molecule has 1 fully saturated rings. The van der Waals surface area contributed by atoms with Crippen molar-refractivity contribution in [3.05, 3.63) is 29.3 Å². The normalized spacial score (nSPS) is 24.5. The summed E-state index contributed by atoms with van der Waals surface area (Å²) in [6.07, 6.45) is 3.79. The topological polar surface area (TPSA) is 38.3 Å². The first-order valence-electron chi connectivity index (χ1n) is 6.88. The Morgan fingerprint density at radius 2 is 2.26 bits per heavy atom. The third kappa shape index (κ3) is 2.84. The number of benzene rings is 1. The third-order valence-corrected chi connectivity index (χ3v) is 5.23. The summed E-state index contributed by atoms with van der Waals surface area (Å²) in [5, 5.41) is 2.93. The summed E-state index contributed by atoms with van der Waals surface area (Å²) in [7, 11) is 0. The Morgan fingerprint density at radius 3 is 3.05 bits per heavy atom. The van der Waals surface area contributed by atoms with Gasteiger partial charge in [0.1, 0.15) is 0 Å². The van der Waals surface area contributed by atoms with E-state index < -0.39 is 0 Å². The van der Waals surface area contributed by atoms with E-state index in [0.29, 0.717) is 17.2 Å². The number of alkyl halides is 1. The van der Waals surface area contributed by atoms with Gasteiger partial charge >= 0.3 is 0 Å². The largest absolute Gasteiger partial charge is 0.381 e. The molecule has 1 N–H and O–H groups in total. The summed E-state index contributed by atoms with van der Waals surface area (Å²) in [5.74, 6) is 0.668. The van der Waals surface area contributed by atoms with Crippen LogP contribution in [0, 0.1) is 5.92 Å². The zero-order chi connectivity index (χ0) is 13.2. The predicted octanol–water partition coefficient (Wildman–Crippen LogP) is 3.43. The van der Waals surface area contributed by atoms with E-state index in [1.54, 1.807) is 0 Å². The van der Waals surface area contributed by atoms with Gasteiger partial charge in [0.2, 0.25) is 5.91 Å². The van der Waals surface area contributed by atoms with E-state index in [1.807, 2.05) is 6.07 Å². The van der Waals surface area contributed by atoms with Crippen molar-refractivity contribution in [3.8, 4) is 0 Å². The molecule has 1 saturated heterocycles. The molecule has 1 aromatic carbocycles. The van der Waals surface area contributed by atoms with Crippen LogP contribution in [-0.2, 0) is 16.0 Å². The first kappa shape index (κ1) is 13.1. The van der Waals surface area contributed by atoms with Crippen molar-refractivity contribution in [2.24, 2.45) is 5.92 Å². The molecular weight excluding hydrogens is 306 g/mol. The number of rotatable bonds is 2. The van der Waals surface area contributed by atoms with Gasteiger partial charge in [0.25, 0.3) is 0 Å². The highest BCUT2D eigenvalue weighted by Crippen LogP contribution is 2.37. The zero-order valence-corrected chi connectivity index (χ0v) is 12.4. The Balaban J connectivity index is 1.79. The summed E-state index contributed by atoms with van der Waals surface area (Å²) >= 11 is 3.82. The van der Waals surface area contributed by atoms with Gasteiger partial charge in [-0.15, -0.1) is 0 Å². The molecule has 0 bridgehead atoms. The maximum Gasteiger partial charge on any atom is 0.224 e. The van der Waals surface area contributed by atoms with E-state index in [4.69, 9.17) is 4.74 Å². The number of nitrogens with one attached hydrogen (secondary N) is 1. The molecule has 2 unspecified atom stereocenters. The van der Waals surface area contributed by atoms with E-state index in [9.17, 15) is 4.79 Å². The lowest BCUT2D eigenvalue weighted by molar-refractivity contribution is -0.116. The van der Waals surface area contributed by atoms with Crippen LogP contribution in [-0.4, -0.2) is 19.1 Å². The molecule has 3 nitrogen and oxygen atoms in total. The van der Waals surface area contributed by atoms with Crippen molar-refractivity contribution in [2.45, 2.75) is 30.5 Å². The molecule has 0 spiro atoms. The second kappa shape index (κ2) is 5.63. The van der Waals surface area contributed by atoms with Gasteiger partial charge in [-0.2, -0.15) is 0 Å². The summed E-state index contributed by atoms with van der Waals surface area (Å²) in [6.45, 7) is 1.73. The van der Waals surface area contributed by atoms with Gasteiger partial charge in [-0.3, -0.25) is 4.79 Å². The molecule has 2 aliphatic heterocycles. The van der Waals surface area contributed by atoms with E-state index in [0.717, 1.165) is 31.7 Å². The lowest BCUT2D eigenvalue weighted by Crippen LogP contribution is -2.22. The molecule has 2 heterocycles. The van der Waals surface area contributed by atoms with Crippen molar-refractivity contribution >= 4 is 27.5 Å². The molecule has 0 aromatic heterocycles. The summed E-state index contributed by atoms with van der Waals surface area (Å²) in [4.78, 5) is 11.7. The fourth-order valence-electron chi connectivity index (χ4n) is 2.84. The highest BCUT2D eigenvalue weighted by Gasteiger charge is 2.24. The maximum atomic E-state index is 11.4. The van der Waals surface area contributed by atoms with E-state index in [1.165, 1.54) is 17.5 Å². The third-order valence-electron chi connectivity index (χ3n) is 3.95. The highest BCUT2D eigenvalue weighted by atomic mass is 79.9. The Morgan fingerprint density at radius 1 is 1.37 bits per heavy atom. The molecule has 0 aliphatic carbocycles. The van der Waals surface area contributed by atoms with Gasteiger partial charge in [0.05, 0.1) is 6.61 Å². The van der Waals surface area contributed by atoms with Crippen LogP contribution in [0.1, 0.15) is 35.2 Å². The fraction of sp³-hybridized carbons (Fsp3) is 0.533. The van der Waals surface area contributed by atoms with Crippen LogP contribution >= 0.6 is 15.9 Å². The second-order valence-electron chi connectivity index (χ2n) is 5.34. The molecule has 1 aromatic rings. The van der Waals surface area contributed by atoms with Crippen molar-refractivity contribution in [2.75, 3.05) is 18.5 Å². The Bertz CT molecular complexity index is 483. The number of hydrogen-bond acceptors (Lipinski definition) is 2. The lowest BCUT2D eigenvalue weighted by atomic mass is 9.91. The number of hydrogen-bond donors (Lipinski definition) is 1. The number of carbonyl (C=O) groups is 1. The van der Waals surface area contributed by atoms with E-state index in [-0.39, 0.29) is 5.91 Å². The zero-order valence-electron chi connectivity index (χ0n) is 10.8. The molecule has 2 aliphatic rings. The predicted molar refractivity (Wildman–Crippen MR) is 78.6 cm³/mol. The van der Waals surface area contributed by atoms with Gasteiger partial charge in [0.15, 0.2) is 0 Å². The lowest BCUT2D eigenvalue weighted by Gasteiger charge is -2.27. The molecule has 102 valence electrons. The number of anilines is 1. The maximum absolute atomic E-state index is 11.4. The Labute approximate surface area is 121 Å². The average Bonchev–Trinajstić information content (AvgIpc) is 2.47. The van der Waals surface area contributed by atoms with Gasteiger partial charge in [-0.05, 0) is 42.4 Å². The first-order valence-corrected chi connectivity index (χ1v) is 7.80. The van der Waals surface area contributed by atoms with E-state index in [2.05, 4.69) is 33.4 Å². The number of carbonyl (C=O) groups excluding carboxylic acids is 1. The Kier molecular flexibility index (Phi) is 3.89. The van der Waals surface area contributed by atoms with Gasteiger partial charge in [-0.25, -0.2) is 0 Å². The number of amides is 1. The van der Waals surface area contributed by atoms with Crippen molar-refractivity contribution in [3.63, 3.8) is 0 Å². The fourth-order valence-corrected chi connectivity index (χ4v) is 3.55. The van der Waals surface area contributed by atoms with Crippen LogP contribution in [0.15, 0.2) is 18.2 Å². The number of ether oxygens (including phenoxy) is 1. The van der Waals surface area contributed by atoms with Crippen LogP contribution in [0.4, 0.5) is 5.69 Å². The summed E-state index contributed by atoms with van der Waals surface area (Å²) in [5.41, 5.74) is 3.52. The van der Waals surface area contributed by atoms with Crippen LogP contribution in [0.3, 0.4) is 0 Å². The van der Waals surface area contributed by atoms with Crippen LogP contribution in [0.25, 0.3) is 0 Å². The molecule has 1 amide bonds. The first-order chi connectivity index (χ1) is 9.24. The SMILES string of the molecule is O=C1CCc2cc(C(Br)C3CCCOC3)ccc2N1. The number of halogens is 1. The summed E-state index contributed by atoms with van der Waals surface area (Å²) < 4.78 is 5.56. The average molecular weight is 324 g/mol. The monoisotopic (exact) mass is 323 g/mol. The van der Waals surface area contributed by atoms with Crippen molar-refractivity contribution < 1.29 is 9.53 Å². The van der Waals surface area contributed by atoms with Crippen LogP contribution in [0.2, 0.25) is 0 Å². The van der Waals surface area contributed by atoms with Gasteiger partial charge < -0.3 is 10.1 Å². The molecule has 0 saturated carbocycles. The van der Waals surface area contributed by atoms with Crippen molar-refractivity contribution in [1.82, 2.24) is 0 Å². The molecule has 4 heteroatoms. The van der Waals surface area contributed by atoms with Crippen molar-refractivity contribution in [1.29, 1.82) is 0 Å². The molecule has 0 radical (unpaired) electrons. The van der Waals surface area contributed by atoms with Crippen LogP contribution in [0.5, 0.6) is 0 Å². The molecule has 2 atom stereocenters. The minimum Gasteiger partial charge on any atom is -0.381 e. The minimum absolute atomic E-state index is 0.122. The molecule has 3 rings (SSSR count). The van der Waals surface area contributed by atoms with E-state index >= 15 is 0 Å². The smallest absolute Gasteiger partial charge is 0.224 e. The molecule has 19 heavy (non-hydrogen) atoms. The standard InChI is InChI=1S/C15H18BrNO2/c16-15(12-2-1-7-19-9-12)11-3-5-13-10(8-11)4-6-14(18)17-13/h3,5,8,12,15H,1-2,4,6-7,9H2,(H,17,18). The minimum atomic E-state index is 0.122. The quantitative estimate of drug-likeness (QED) is 0.847. The Hall–Kier alpha value is -0.870. The number of aryl methyl sites for hydroxylation is 1. The van der Waals surface area contributed by atoms with Gasteiger partial charge in [-0.1, -0.05) is 28.1 Å². The molecular formula is C15H18BrNO2. The van der Waals surface area contributed by atoms with Crippen LogP contribution < -0.4 is 5.32 Å². The number of fused-ring (bicyclic) bond motifs is 1. The van der Waals surface area contributed by atoms with Gasteiger partial charge in [0, 0.05) is 23.5 Å². The second-order valence-corrected chi connectivity index (χ2v) is 6.33.